The number of methoxy groups -OCH3 is 1. The van der Waals surface area contributed by atoms with E-state index >= 15 is 0 Å². The number of anilines is 3. The predicted octanol–water partition coefficient (Wildman–Crippen LogP) is 5.11. The summed E-state index contributed by atoms with van der Waals surface area (Å²) in [6.07, 6.45) is 1.40. The van der Waals surface area contributed by atoms with Crippen LogP contribution in [-0.4, -0.2) is 24.8 Å². The molecular weight excluding hydrogens is 442 g/mol. The zero-order chi connectivity index (χ0) is 23.2. The van der Waals surface area contributed by atoms with E-state index < -0.39 is 11.8 Å². The molecule has 0 saturated heterocycles. The van der Waals surface area contributed by atoms with Crippen molar-refractivity contribution in [3.63, 3.8) is 0 Å². The molecule has 0 bridgehead atoms. The van der Waals surface area contributed by atoms with Crippen molar-refractivity contribution < 1.29 is 23.5 Å². The Labute approximate surface area is 193 Å². The van der Waals surface area contributed by atoms with Gasteiger partial charge in [0.15, 0.2) is 5.76 Å². The van der Waals surface area contributed by atoms with Crippen LogP contribution in [0.15, 0.2) is 82.8 Å². The third kappa shape index (κ3) is 5.28. The summed E-state index contributed by atoms with van der Waals surface area (Å²) < 4.78 is 10.3. The van der Waals surface area contributed by atoms with Crippen molar-refractivity contribution in [1.82, 2.24) is 0 Å². The van der Waals surface area contributed by atoms with Gasteiger partial charge in [0.25, 0.3) is 17.7 Å². The Kier molecular flexibility index (Phi) is 6.51. The Morgan fingerprint density at radius 3 is 2.27 bits per heavy atom. The van der Waals surface area contributed by atoms with Crippen LogP contribution in [0.5, 0.6) is 5.75 Å². The molecule has 2 aromatic carbocycles. The lowest BCUT2D eigenvalue weighted by Crippen LogP contribution is -2.17. The van der Waals surface area contributed by atoms with Crippen molar-refractivity contribution in [2.75, 3.05) is 23.1 Å². The van der Waals surface area contributed by atoms with Crippen LogP contribution in [0.25, 0.3) is 0 Å². The first-order valence-corrected chi connectivity index (χ1v) is 10.7. The summed E-state index contributed by atoms with van der Waals surface area (Å²) in [4.78, 5) is 38.0. The van der Waals surface area contributed by atoms with Crippen LogP contribution >= 0.6 is 11.3 Å². The molecule has 3 N–H and O–H groups in total. The number of ether oxygens (including phenoxy) is 1. The minimum atomic E-state index is -0.452. The van der Waals surface area contributed by atoms with E-state index in [0.717, 1.165) is 0 Å². The minimum absolute atomic E-state index is 0.142. The standard InChI is InChI=1S/C24H19N3O5S/c1-31-17-10-11-18(26-23(29)20-4-2-12-32-20)19(14-17)27-22(28)15-6-8-16(9-7-15)25-24(30)21-5-3-13-33-21/h2-14H,1H3,(H,25,30)(H,26,29)(H,27,28). The number of thiophene rings is 1. The van der Waals surface area contributed by atoms with Crippen molar-refractivity contribution >= 4 is 46.1 Å². The maximum absolute atomic E-state index is 12.8. The Balaban J connectivity index is 1.48. The number of carbonyl (C=O) groups excluding carboxylic acids is 3. The molecule has 0 unspecified atom stereocenters. The lowest BCUT2D eigenvalue weighted by Gasteiger charge is -2.14. The largest absolute Gasteiger partial charge is 0.497 e. The Morgan fingerprint density at radius 1 is 0.818 bits per heavy atom. The van der Waals surface area contributed by atoms with Gasteiger partial charge in [0.1, 0.15) is 5.75 Å². The molecule has 9 heteroatoms. The molecule has 2 aromatic heterocycles. The monoisotopic (exact) mass is 461 g/mol. The van der Waals surface area contributed by atoms with E-state index in [1.165, 1.54) is 30.8 Å². The molecule has 8 nitrogen and oxygen atoms in total. The highest BCUT2D eigenvalue weighted by Crippen LogP contribution is 2.28. The van der Waals surface area contributed by atoms with Crippen LogP contribution in [0, 0.1) is 0 Å². The molecular formula is C24H19N3O5S. The fraction of sp³-hybridized carbons (Fsp3) is 0.0417. The van der Waals surface area contributed by atoms with Gasteiger partial charge in [0.2, 0.25) is 0 Å². The van der Waals surface area contributed by atoms with Gasteiger partial charge in [0, 0.05) is 17.3 Å². The Morgan fingerprint density at radius 2 is 1.61 bits per heavy atom. The quantitative estimate of drug-likeness (QED) is 0.354. The van der Waals surface area contributed by atoms with Gasteiger partial charge in [-0.2, -0.15) is 0 Å². The molecule has 2 heterocycles. The molecule has 4 aromatic rings. The van der Waals surface area contributed by atoms with Gasteiger partial charge >= 0.3 is 0 Å². The summed E-state index contributed by atoms with van der Waals surface area (Å²) >= 11 is 1.34. The summed E-state index contributed by atoms with van der Waals surface area (Å²) in [5.74, 6) is -0.411. The zero-order valence-corrected chi connectivity index (χ0v) is 18.3. The first kappa shape index (κ1) is 21.8. The molecule has 0 spiro atoms. The minimum Gasteiger partial charge on any atom is -0.497 e. The third-order valence-electron chi connectivity index (χ3n) is 4.62. The van der Waals surface area contributed by atoms with Crippen LogP contribution in [0.1, 0.15) is 30.6 Å². The van der Waals surface area contributed by atoms with Crippen molar-refractivity contribution in [2.45, 2.75) is 0 Å². The van der Waals surface area contributed by atoms with E-state index in [1.54, 1.807) is 60.7 Å². The van der Waals surface area contributed by atoms with Crippen molar-refractivity contribution in [2.24, 2.45) is 0 Å². The highest BCUT2D eigenvalue weighted by Gasteiger charge is 2.15. The fourth-order valence-electron chi connectivity index (χ4n) is 2.95. The Hall–Kier alpha value is -4.37. The van der Waals surface area contributed by atoms with E-state index in [9.17, 15) is 14.4 Å². The molecule has 0 saturated carbocycles. The molecule has 0 radical (unpaired) electrons. The summed E-state index contributed by atoms with van der Waals surface area (Å²) in [5, 5.41) is 10.1. The second-order valence-corrected chi connectivity index (χ2v) is 7.75. The highest BCUT2D eigenvalue weighted by atomic mass is 32.1. The molecule has 4 rings (SSSR count). The van der Waals surface area contributed by atoms with Crippen LogP contribution < -0.4 is 20.7 Å². The van der Waals surface area contributed by atoms with Gasteiger partial charge in [-0.15, -0.1) is 11.3 Å². The Bertz CT molecular complexity index is 1270. The number of furan rings is 1. The number of amides is 3. The number of hydrogen-bond acceptors (Lipinski definition) is 6. The zero-order valence-electron chi connectivity index (χ0n) is 17.5. The van der Waals surface area contributed by atoms with Crippen LogP contribution in [0.3, 0.4) is 0 Å². The number of carbonyl (C=O) groups is 3. The van der Waals surface area contributed by atoms with Gasteiger partial charge in [-0.1, -0.05) is 6.07 Å². The molecule has 0 fully saturated rings. The normalized spacial score (nSPS) is 10.3. The number of nitrogens with one attached hydrogen (secondary N) is 3. The van der Waals surface area contributed by atoms with Gasteiger partial charge in [-0.05, 0) is 60.0 Å². The van der Waals surface area contributed by atoms with E-state index in [2.05, 4.69) is 16.0 Å². The second kappa shape index (κ2) is 9.84. The highest BCUT2D eigenvalue weighted by molar-refractivity contribution is 7.12. The topological polar surface area (TPSA) is 110 Å². The van der Waals surface area contributed by atoms with Gasteiger partial charge < -0.3 is 25.1 Å². The van der Waals surface area contributed by atoms with Crippen LogP contribution in [0.2, 0.25) is 0 Å². The van der Waals surface area contributed by atoms with Crippen molar-refractivity contribution in [1.29, 1.82) is 0 Å². The smallest absolute Gasteiger partial charge is 0.291 e. The average Bonchev–Trinajstić information content (AvgIpc) is 3.55. The summed E-state index contributed by atoms with van der Waals surface area (Å²) in [5.41, 5.74) is 1.67. The number of hydrogen-bond donors (Lipinski definition) is 3. The van der Waals surface area contributed by atoms with E-state index in [1.807, 2.05) is 5.38 Å². The molecule has 0 atom stereocenters. The predicted molar refractivity (Wildman–Crippen MR) is 126 cm³/mol. The molecule has 166 valence electrons. The number of benzene rings is 2. The number of rotatable bonds is 7. The maximum Gasteiger partial charge on any atom is 0.291 e. The summed E-state index contributed by atoms with van der Waals surface area (Å²) in [7, 11) is 1.51. The first-order chi connectivity index (χ1) is 16.0. The third-order valence-corrected chi connectivity index (χ3v) is 5.49. The van der Waals surface area contributed by atoms with Gasteiger partial charge in [-0.3, -0.25) is 14.4 Å². The molecule has 0 aliphatic carbocycles. The molecule has 0 aliphatic rings. The lowest BCUT2D eigenvalue weighted by molar-refractivity contribution is 0.0992. The van der Waals surface area contributed by atoms with Crippen LogP contribution in [-0.2, 0) is 0 Å². The van der Waals surface area contributed by atoms with E-state index in [-0.39, 0.29) is 11.7 Å². The van der Waals surface area contributed by atoms with E-state index in [4.69, 9.17) is 9.15 Å². The first-order valence-electron chi connectivity index (χ1n) is 9.82. The maximum atomic E-state index is 12.8. The van der Waals surface area contributed by atoms with Crippen molar-refractivity contribution in [3.05, 3.63) is 94.6 Å². The SMILES string of the molecule is COc1ccc(NC(=O)c2ccco2)c(NC(=O)c2ccc(NC(=O)c3cccs3)cc2)c1. The van der Waals surface area contributed by atoms with Gasteiger partial charge in [-0.25, -0.2) is 0 Å². The molecule has 0 aliphatic heterocycles. The van der Waals surface area contributed by atoms with E-state index in [0.29, 0.717) is 33.3 Å². The average molecular weight is 461 g/mol. The fourth-order valence-corrected chi connectivity index (χ4v) is 3.57. The molecule has 33 heavy (non-hydrogen) atoms. The summed E-state index contributed by atoms with van der Waals surface area (Å²) in [6, 6.07) is 18.1. The van der Waals surface area contributed by atoms with Crippen molar-refractivity contribution in [3.8, 4) is 5.75 Å². The van der Waals surface area contributed by atoms with Gasteiger partial charge in [0.05, 0.1) is 29.6 Å². The second-order valence-electron chi connectivity index (χ2n) is 6.81. The van der Waals surface area contributed by atoms with Crippen LogP contribution in [0.4, 0.5) is 17.1 Å². The molecule has 3 amide bonds. The lowest BCUT2D eigenvalue weighted by atomic mass is 10.1. The summed E-state index contributed by atoms with van der Waals surface area (Å²) in [6.45, 7) is 0.